The topological polar surface area (TPSA) is 12.0 Å². The summed E-state index contributed by atoms with van der Waals surface area (Å²) in [4.78, 5) is 0. The molecule has 1 nitrogen and oxygen atoms in total. The maximum atomic E-state index is 13.1. The highest BCUT2D eigenvalue weighted by atomic mass is 35.5. The third-order valence-corrected chi connectivity index (χ3v) is 3.80. The SMILES string of the molecule is CC(NCCc1ccc(Cl)cc1Cl)c1cccc(F)c1. The Morgan fingerprint density at radius 2 is 1.95 bits per heavy atom. The number of rotatable bonds is 5. The van der Waals surface area contributed by atoms with E-state index in [9.17, 15) is 4.39 Å². The second-order valence-corrected chi connectivity index (χ2v) is 5.56. The van der Waals surface area contributed by atoms with Crippen molar-refractivity contribution in [3.05, 3.63) is 69.5 Å². The minimum absolute atomic E-state index is 0.0942. The van der Waals surface area contributed by atoms with Gasteiger partial charge in [-0.25, -0.2) is 4.39 Å². The summed E-state index contributed by atoms with van der Waals surface area (Å²) in [5.41, 5.74) is 1.99. The summed E-state index contributed by atoms with van der Waals surface area (Å²) in [5.74, 6) is -0.211. The van der Waals surface area contributed by atoms with Crippen LogP contribution in [-0.4, -0.2) is 6.54 Å². The molecule has 2 aromatic carbocycles. The van der Waals surface area contributed by atoms with Gasteiger partial charge in [0, 0.05) is 16.1 Å². The van der Waals surface area contributed by atoms with Gasteiger partial charge in [-0.1, -0.05) is 41.4 Å². The Morgan fingerprint density at radius 3 is 2.65 bits per heavy atom. The molecule has 4 heteroatoms. The van der Waals surface area contributed by atoms with E-state index in [-0.39, 0.29) is 11.9 Å². The van der Waals surface area contributed by atoms with E-state index < -0.39 is 0 Å². The van der Waals surface area contributed by atoms with Crippen LogP contribution < -0.4 is 5.32 Å². The average molecular weight is 312 g/mol. The summed E-state index contributed by atoms with van der Waals surface area (Å²) in [7, 11) is 0. The van der Waals surface area contributed by atoms with Crippen molar-refractivity contribution in [2.45, 2.75) is 19.4 Å². The molecule has 0 radical (unpaired) electrons. The number of hydrogen-bond acceptors (Lipinski definition) is 1. The van der Waals surface area contributed by atoms with Gasteiger partial charge >= 0.3 is 0 Å². The van der Waals surface area contributed by atoms with E-state index in [4.69, 9.17) is 23.2 Å². The van der Waals surface area contributed by atoms with Gasteiger partial charge in [0.05, 0.1) is 0 Å². The quantitative estimate of drug-likeness (QED) is 0.817. The molecule has 0 fully saturated rings. The molecular formula is C16H16Cl2FN. The third-order valence-electron chi connectivity index (χ3n) is 3.21. The Balaban J connectivity index is 1.89. The van der Waals surface area contributed by atoms with Crippen LogP contribution in [0.5, 0.6) is 0 Å². The monoisotopic (exact) mass is 311 g/mol. The smallest absolute Gasteiger partial charge is 0.123 e. The van der Waals surface area contributed by atoms with Gasteiger partial charge < -0.3 is 5.32 Å². The summed E-state index contributed by atoms with van der Waals surface area (Å²) in [6.07, 6.45) is 0.801. The summed E-state index contributed by atoms with van der Waals surface area (Å²) >= 11 is 12.0. The van der Waals surface area contributed by atoms with Crippen molar-refractivity contribution in [2.75, 3.05) is 6.54 Å². The molecular weight excluding hydrogens is 296 g/mol. The highest BCUT2D eigenvalue weighted by Gasteiger charge is 2.06. The number of benzene rings is 2. The molecule has 0 amide bonds. The second kappa shape index (κ2) is 7.07. The molecule has 2 aromatic rings. The Labute approximate surface area is 128 Å². The van der Waals surface area contributed by atoms with Crippen LogP contribution in [0.2, 0.25) is 10.0 Å². The molecule has 0 aromatic heterocycles. The lowest BCUT2D eigenvalue weighted by atomic mass is 10.1. The Kier molecular flexibility index (Phi) is 5.41. The van der Waals surface area contributed by atoms with Gasteiger partial charge in [-0.05, 0) is 55.3 Å². The van der Waals surface area contributed by atoms with Crippen LogP contribution >= 0.6 is 23.2 Å². The third kappa shape index (κ3) is 4.20. The van der Waals surface area contributed by atoms with Crippen molar-refractivity contribution in [3.63, 3.8) is 0 Å². The fourth-order valence-corrected chi connectivity index (χ4v) is 2.54. The summed E-state index contributed by atoms with van der Waals surface area (Å²) in [6.45, 7) is 2.78. The van der Waals surface area contributed by atoms with E-state index in [1.54, 1.807) is 18.2 Å². The number of nitrogens with one attached hydrogen (secondary N) is 1. The number of hydrogen-bond donors (Lipinski definition) is 1. The Hall–Kier alpha value is -1.09. The van der Waals surface area contributed by atoms with Crippen LogP contribution in [0.15, 0.2) is 42.5 Å². The lowest BCUT2D eigenvalue weighted by Gasteiger charge is -2.14. The zero-order chi connectivity index (χ0) is 14.5. The van der Waals surface area contributed by atoms with Gasteiger partial charge in [0.2, 0.25) is 0 Å². The molecule has 0 aliphatic heterocycles. The molecule has 2 rings (SSSR count). The van der Waals surface area contributed by atoms with Crippen molar-refractivity contribution in [1.29, 1.82) is 0 Å². The van der Waals surface area contributed by atoms with Gasteiger partial charge in [0.1, 0.15) is 5.82 Å². The van der Waals surface area contributed by atoms with E-state index in [1.807, 2.05) is 25.1 Å². The first-order valence-corrected chi connectivity index (χ1v) is 7.24. The predicted octanol–water partition coefficient (Wildman–Crippen LogP) is 5.03. The largest absolute Gasteiger partial charge is 0.310 e. The molecule has 1 N–H and O–H groups in total. The standard InChI is InChI=1S/C16H16Cl2FN/c1-11(13-3-2-4-15(19)9-13)20-8-7-12-5-6-14(17)10-16(12)18/h2-6,9-11,20H,7-8H2,1H3. The lowest BCUT2D eigenvalue weighted by Crippen LogP contribution is -2.21. The number of halogens is 3. The molecule has 0 spiro atoms. The fraction of sp³-hybridized carbons (Fsp3) is 0.250. The highest BCUT2D eigenvalue weighted by molar-refractivity contribution is 6.35. The normalized spacial score (nSPS) is 12.4. The molecule has 106 valence electrons. The fourth-order valence-electron chi connectivity index (χ4n) is 2.04. The molecule has 0 saturated carbocycles. The van der Waals surface area contributed by atoms with Crippen molar-refractivity contribution < 1.29 is 4.39 Å². The molecule has 20 heavy (non-hydrogen) atoms. The van der Waals surface area contributed by atoms with Crippen LogP contribution in [0.3, 0.4) is 0 Å². The van der Waals surface area contributed by atoms with Crippen LogP contribution in [-0.2, 0) is 6.42 Å². The van der Waals surface area contributed by atoms with Gasteiger partial charge in [0.25, 0.3) is 0 Å². The minimum Gasteiger partial charge on any atom is -0.310 e. The first kappa shape index (κ1) is 15.3. The van der Waals surface area contributed by atoms with Gasteiger partial charge in [-0.15, -0.1) is 0 Å². The minimum atomic E-state index is -0.211. The first-order chi connectivity index (χ1) is 9.56. The van der Waals surface area contributed by atoms with Crippen molar-refractivity contribution in [3.8, 4) is 0 Å². The molecule has 0 aliphatic rings. The summed E-state index contributed by atoms with van der Waals surface area (Å²) < 4.78 is 13.1. The van der Waals surface area contributed by atoms with Gasteiger partial charge in [-0.2, -0.15) is 0 Å². The Morgan fingerprint density at radius 1 is 1.15 bits per heavy atom. The van der Waals surface area contributed by atoms with Crippen molar-refractivity contribution >= 4 is 23.2 Å². The maximum absolute atomic E-state index is 13.1. The zero-order valence-corrected chi connectivity index (χ0v) is 12.7. The average Bonchev–Trinajstić information content (AvgIpc) is 2.41. The maximum Gasteiger partial charge on any atom is 0.123 e. The lowest BCUT2D eigenvalue weighted by molar-refractivity contribution is 0.567. The van der Waals surface area contributed by atoms with E-state index in [0.717, 1.165) is 24.1 Å². The molecule has 1 atom stereocenters. The van der Waals surface area contributed by atoms with E-state index in [1.165, 1.54) is 6.07 Å². The van der Waals surface area contributed by atoms with Gasteiger partial charge in [0.15, 0.2) is 0 Å². The molecule has 0 aliphatic carbocycles. The summed E-state index contributed by atoms with van der Waals surface area (Å²) in [5, 5.41) is 4.68. The van der Waals surface area contributed by atoms with E-state index in [0.29, 0.717) is 10.0 Å². The zero-order valence-electron chi connectivity index (χ0n) is 11.2. The van der Waals surface area contributed by atoms with Crippen LogP contribution in [0.1, 0.15) is 24.1 Å². The van der Waals surface area contributed by atoms with Gasteiger partial charge in [-0.3, -0.25) is 0 Å². The van der Waals surface area contributed by atoms with Crippen molar-refractivity contribution in [1.82, 2.24) is 5.32 Å². The van der Waals surface area contributed by atoms with Crippen LogP contribution in [0.4, 0.5) is 4.39 Å². The first-order valence-electron chi connectivity index (χ1n) is 6.49. The molecule has 0 heterocycles. The predicted molar refractivity (Wildman–Crippen MR) is 83.0 cm³/mol. The van der Waals surface area contributed by atoms with Crippen molar-refractivity contribution in [2.24, 2.45) is 0 Å². The molecule has 1 unspecified atom stereocenters. The molecule has 0 saturated heterocycles. The van der Waals surface area contributed by atoms with E-state index in [2.05, 4.69) is 5.32 Å². The summed E-state index contributed by atoms with van der Waals surface area (Å²) in [6, 6.07) is 12.2. The van der Waals surface area contributed by atoms with Crippen LogP contribution in [0, 0.1) is 5.82 Å². The second-order valence-electron chi connectivity index (χ2n) is 4.72. The Bertz CT molecular complexity index is 586. The molecule has 0 bridgehead atoms. The highest BCUT2D eigenvalue weighted by Crippen LogP contribution is 2.21. The van der Waals surface area contributed by atoms with E-state index >= 15 is 0 Å². The van der Waals surface area contributed by atoms with Crippen LogP contribution in [0.25, 0.3) is 0 Å².